The number of likely N-dealkylation sites (N-methyl/N-ethyl adjacent to an activating group) is 1. The summed E-state index contributed by atoms with van der Waals surface area (Å²) >= 11 is 12.1. The van der Waals surface area contributed by atoms with E-state index < -0.39 is 6.04 Å². The molecule has 0 saturated heterocycles. The summed E-state index contributed by atoms with van der Waals surface area (Å²) in [7, 11) is 1.75. The van der Waals surface area contributed by atoms with Gasteiger partial charge in [-0.15, -0.1) is 0 Å². The number of anilines is 2. The number of hydrogen-bond acceptors (Lipinski definition) is 3. The number of nitrogens with zero attached hydrogens (tertiary/aromatic N) is 1. The van der Waals surface area contributed by atoms with E-state index in [0.717, 1.165) is 0 Å². The maximum atomic E-state index is 12.4. The maximum Gasteiger partial charge on any atom is 0.282 e. The Morgan fingerprint density at radius 3 is 2.26 bits per heavy atom. The van der Waals surface area contributed by atoms with E-state index in [4.69, 9.17) is 28.5 Å². The Labute approximate surface area is 167 Å². The molecule has 0 aliphatic carbocycles. The average molecular weight is 406 g/mol. The van der Waals surface area contributed by atoms with Gasteiger partial charge < -0.3 is 15.5 Å². The molecular formula is C19H19Cl2N4O2+. The first-order valence-electron chi connectivity index (χ1n) is 8.19. The summed E-state index contributed by atoms with van der Waals surface area (Å²) in [6, 6.07) is 13.1. The van der Waals surface area contributed by atoms with Crippen LogP contribution in [0.3, 0.4) is 0 Å². The second-order valence-electron chi connectivity index (χ2n) is 6.07. The Hall–Kier alpha value is -2.59. The van der Waals surface area contributed by atoms with Crippen molar-refractivity contribution in [1.29, 1.82) is 5.26 Å². The fraction of sp³-hybridized carbons (Fsp3) is 0.211. The number of quaternary nitrogens is 1. The molecule has 2 aromatic rings. The van der Waals surface area contributed by atoms with Crippen molar-refractivity contribution in [2.45, 2.75) is 13.0 Å². The predicted octanol–water partition coefficient (Wildman–Crippen LogP) is 2.35. The lowest BCUT2D eigenvalue weighted by Gasteiger charge is -2.21. The Kier molecular flexibility index (Phi) is 7.19. The Bertz CT molecular complexity index is 858. The zero-order chi connectivity index (χ0) is 20.0. The van der Waals surface area contributed by atoms with Crippen LogP contribution < -0.4 is 15.5 Å². The van der Waals surface area contributed by atoms with Crippen LogP contribution in [-0.2, 0) is 9.59 Å². The van der Waals surface area contributed by atoms with Gasteiger partial charge in [-0.1, -0.05) is 29.3 Å². The van der Waals surface area contributed by atoms with Gasteiger partial charge in [0.25, 0.3) is 11.8 Å². The molecule has 2 amide bonds. The molecule has 0 radical (unpaired) electrons. The molecule has 1 unspecified atom stereocenters. The number of carbonyl (C=O) groups is 2. The van der Waals surface area contributed by atoms with Crippen LogP contribution in [0.4, 0.5) is 11.4 Å². The topological polar surface area (TPSA) is 86.4 Å². The number of carbonyl (C=O) groups excluding carboxylic acids is 2. The first kappa shape index (κ1) is 20.7. The number of rotatable bonds is 6. The summed E-state index contributed by atoms with van der Waals surface area (Å²) in [5.41, 5.74) is 1.46. The Morgan fingerprint density at radius 1 is 1.11 bits per heavy atom. The smallest absolute Gasteiger partial charge is 0.282 e. The van der Waals surface area contributed by atoms with Gasteiger partial charge in [-0.2, -0.15) is 5.26 Å². The molecule has 0 fully saturated rings. The predicted molar refractivity (Wildman–Crippen MR) is 106 cm³/mol. The minimum absolute atomic E-state index is 0.0590. The van der Waals surface area contributed by atoms with E-state index in [2.05, 4.69) is 10.6 Å². The number of halogens is 2. The lowest BCUT2D eigenvalue weighted by molar-refractivity contribution is -0.885. The van der Waals surface area contributed by atoms with Crippen LogP contribution in [0.1, 0.15) is 12.5 Å². The molecule has 140 valence electrons. The molecule has 0 aromatic heterocycles. The number of nitrogens with one attached hydrogen (secondary N) is 3. The zero-order valence-electron chi connectivity index (χ0n) is 14.8. The summed E-state index contributed by atoms with van der Waals surface area (Å²) < 4.78 is 0. The van der Waals surface area contributed by atoms with Gasteiger partial charge in [-0.3, -0.25) is 9.59 Å². The van der Waals surface area contributed by atoms with Crippen LogP contribution in [0.5, 0.6) is 0 Å². The van der Waals surface area contributed by atoms with Crippen LogP contribution in [0.25, 0.3) is 0 Å². The molecule has 2 aromatic carbocycles. The molecule has 0 heterocycles. The molecule has 0 aliphatic rings. The van der Waals surface area contributed by atoms with Gasteiger partial charge in [-0.05, 0) is 43.3 Å². The van der Waals surface area contributed by atoms with Crippen molar-refractivity contribution in [2.24, 2.45) is 0 Å². The number of para-hydroxylation sites is 1. The van der Waals surface area contributed by atoms with Gasteiger partial charge in [-0.25, -0.2) is 0 Å². The second-order valence-corrected chi connectivity index (χ2v) is 6.88. The standard InChI is InChI=1S/C19H18Cl2N4O2/c1-12(19(27)23-14-8-6-13(10-22)7-9-14)25(2)11-17(26)24-18-15(20)4-3-5-16(18)21/h3-9,12H,11H2,1-2H3,(H,23,27)(H,24,26)/p+1/t12-/m0/s1. The first-order chi connectivity index (χ1) is 12.8. The third kappa shape index (κ3) is 5.69. The summed E-state index contributed by atoms with van der Waals surface area (Å²) in [5.74, 6) is -0.540. The molecule has 3 N–H and O–H groups in total. The third-order valence-electron chi connectivity index (χ3n) is 4.08. The van der Waals surface area contributed by atoms with Crippen LogP contribution in [0.2, 0.25) is 10.0 Å². The molecule has 0 spiro atoms. The largest absolute Gasteiger partial charge is 0.321 e. The maximum absolute atomic E-state index is 12.4. The van der Waals surface area contributed by atoms with E-state index in [1.807, 2.05) is 6.07 Å². The van der Waals surface area contributed by atoms with Crippen molar-refractivity contribution in [3.63, 3.8) is 0 Å². The molecule has 0 bridgehead atoms. The molecule has 2 atom stereocenters. The van der Waals surface area contributed by atoms with Gasteiger partial charge >= 0.3 is 0 Å². The van der Waals surface area contributed by atoms with Crippen molar-refractivity contribution in [3.8, 4) is 6.07 Å². The molecule has 0 aliphatic heterocycles. The normalized spacial score (nSPS) is 12.6. The molecule has 0 saturated carbocycles. The fourth-order valence-electron chi connectivity index (χ4n) is 2.31. The summed E-state index contributed by atoms with van der Waals surface area (Å²) in [4.78, 5) is 25.4. The van der Waals surface area contributed by atoms with Crippen molar-refractivity contribution >= 4 is 46.4 Å². The van der Waals surface area contributed by atoms with Crippen LogP contribution in [0, 0.1) is 11.3 Å². The molecule has 8 heteroatoms. The Morgan fingerprint density at radius 2 is 1.70 bits per heavy atom. The molecule has 2 rings (SSSR count). The van der Waals surface area contributed by atoms with Crippen molar-refractivity contribution < 1.29 is 14.5 Å². The second kappa shape index (κ2) is 9.38. The SMILES string of the molecule is C[C@@H](C(=O)Nc1ccc(C#N)cc1)[NH+](C)CC(=O)Nc1c(Cl)cccc1Cl. The van der Waals surface area contributed by atoms with E-state index in [0.29, 0.717) is 31.9 Å². The number of benzene rings is 2. The summed E-state index contributed by atoms with van der Waals surface area (Å²) in [5, 5.41) is 14.9. The van der Waals surface area contributed by atoms with E-state index in [1.165, 1.54) is 0 Å². The van der Waals surface area contributed by atoms with E-state index >= 15 is 0 Å². The monoisotopic (exact) mass is 405 g/mol. The lowest BCUT2D eigenvalue weighted by atomic mass is 10.2. The first-order valence-corrected chi connectivity index (χ1v) is 8.94. The fourth-order valence-corrected chi connectivity index (χ4v) is 2.80. The summed E-state index contributed by atoms with van der Waals surface area (Å²) in [6.07, 6.45) is 0. The Balaban J connectivity index is 1.93. The number of amides is 2. The van der Waals surface area contributed by atoms with Crippen molar-refractivity contribution in [3.05, 3.63) is 58.1 Å². The van der Waals surface area contributed by atoms with Gasteiger partial charge in [0.1, 0.15) is 0 Å². The highest BCUT2D eigenvalue weighted by Crippen LogP contribution is 2.29. The van der Waals surface area contributed by atoms with Crippen LogP contribution in [0.15, 0.2) is 42.5 Å². The van der Waals surface area contributed by atoms with Crippen LogP contribution >= 0.6 is 23.2 Å². The van der Waals surface area contributed by atoms with Gasteiger partial charge in [0.15, 0.2) is 12.6 Å². The lowest BCUT2D eigenvalue weighted by Crippen LogP contribution is -3.14. The van der Waals surface area contributed by atoms with E-state index in [1.54, 1.807) is 56.4 Å². The highest BCUT2D eigenvalue weighted by molar-refractivity contribution is 6.39. The van der Waals surface area contributed by atoms with Crippen molar-refractivity contribution in [1.82, 2.24) is 0 Å². The van der Waals surface area contributed by atoms with Gasteiger partial charge in [0.2, 0.25) is 0 Å². The minimum Gasteiger partial charge on any atom is -0.321 e. The molecule has 27 heavy (non-hydrogen) atoms. The average Bonchev–Trinajstić information content (AvgIpc) is 2.64. The van der Waals surface area contributed by atoms with Crippen molar-refractivity contribution in [2.75, 3.05) is 24.2 Å². The quantitative estimate of drug-likeness (QED) is 0.689. The summed E-state index contributed by atoms with van der Waals surface area (Å²) in [6.45, 7) is 1.79. The van der Waals surface area contributed by atoms with Gasteiger partial charge in [0.05, 0.1) is 34.4 Å². The van der Waals surface area contributed by atoms with E-state index in [9.17, 15) is 9.59 Å². The zero-order valence-corrected chi connectivity index (χ0v) is 16.4. The number of hydrogen-bond donors (Lipinski definition) is 3. The van der Waals surface area contributed by atoms with Gasteiger partial charge in [0, 0.05) is 5.69 Å². The number of nitriles is 1. The third-order valence-corrected chi connectivity index (χ3v) is 4.71. The highest BCUT2D eigenvalue weighted by atomic mass is 35.5. The van der Waals surface area contributed by atoms with E-state index in [-0.39, 0.29) is 18.4 Å². The highest BCUT2D eigenvalue weighted by Gasteiger charge is 2.24. The molecular weight excluding hydrogens is 387 g/mol. The molecule has 6 nitrogen and oxygen atoms in total. The van der Waals surface area contributed by atoms with Crippen LogP contribution in [-0.4, -0.2) is 31.4 Å². The minimum atomic E-state index is -0.479.